The van der Waals surface area contributed by atoms with E-state index in [2.05, 4.69) is 20.0 Å². The van der Waals surface area contributed by atoms with Crippen LogP contribution >= 0.6 is 0 Å². The Kier molecular flexibility index (Phi) is 3.89. The lowest BCUT2D eigenvalue weighted by atomic mass is 9.94. The van der Waals surface area contributed by atoms with Crippen LogP contribution in [0.5, 0.6) is 5.88 Å². The van der Waals surface area contributed by atoms with Gasteiger partial charge in [-0.05, 0) is 19.8 Å². The van der Waals surface area contributed by atoms with Crippen LogP contribution in [0.4, 0.5) is 5.82 Å². The van der Waals surface area contributed by atoms with Crippen LogP contribution in [0.1, 0.15) is 31.4 Å². The first-order valence-electron chi connectivity index (χ1n) is 7.14. The quantitative estimate of drug-likeness (QED) is 0.919. The molecule has 1 fully saturated rings. The van der Waals surface area contributed by atoms with Gasteiger partial charge in [-0.3, -0.25) is 4.79 Å². The Labute approximate surface area is 121 Å². The third kappa shape index (κ3) is 3.07. The smallest absolute Gasteiger partial charge is 0.280 e. The first-order valence-corrected chi connectivity index (χ1v) is 7.14. The van der Waals surface area contributed by atoms with Crippen molar-refractivity contribution >= 4 is 5.82 Å². The zero-order chi connectivity index (χ0) is 14.7. The molecule has 0 aromatic carbocycles. The molecule has 0 unspecified atom stereocenters. The van der Waals surface area contributed by atoms with Crippen molar-refractivity contribution in [3.05, 3.63) is 34.6 Å². The zero-order valence-corrected chi connectivity index (χ0v) is 11.9. The summed E-state index contributed by atoms with van der Waals surface area (Å²) in [5.74, 6) is 2.51. The molecule has 7 nitrogen and oxygen atoms in total. The van der Waals surface area contributed by atoms with E-state index in [1.54, 1.807) is 0 Å². The second kappa shape index (κ2) is 5.99. The van der Waals surface area contributed by atoms with Gasteiger partial charge in [0.2, 0.25) is 5.88 Å². The number of hydrogen-bond donors (Lipinski definition) is 1. The first-order chi connectivity index (χ1) is 10.3. The van der Waals surface area contributed by atoms with Crippen molar-refractivity contribution in [3.8, 4) is 5.88 Å². The molecule has 0 spiro atoms. The van der Waals surface area contributed by atoms with E-state index in [0.717, 1.165) is 37.5 Å². The van der Waals surface area contributed by atoms with Crippen molar-refractivity contribution in [2.24, 2.45) is 0 Å². The van der Waals surface area contributed by atoms with Gasteiger partial charge in [0.15, 0.2) is 0 Å². The van der Waals surface area contributed by atoms with Gasteiger partial charge >= 0.3 is 0 Å². The molecule has 0 amide bonds. The van der Waals surface area contributed by atoms with Crippen LogP contribution in [0.15, 0.2) is 27.8 Å². The second-order valence-electron chi connectivity index (χ2n) is 5.02. The maximum Gasteiger partial charge on any atom is 0.280 e. The Morgan fingerprint density at radius 2 is 2.19 bits per heavy atom. The number of ether oxygens (including phenoxy) is 1. The van der Waals surface area contributed by atoms with Gasteiger partial charge in [0.25, 0.3) is 5.56 Å². The molecule has 3 heterocycles. The summed E-state index contributed by atoms with van der Waals surface area (Å²) < 4.78 is 10.6. The molecule has 1 aliphatic rings. The van der Waals surface area contributed by atoms with Gasteiger partial charge in [-0.15, -0.1) is 0 Å². The fraction of sp³-hybridized carbons (Fsp3) is 0.500. The van der Waals surface area contributed by atoms with E-state index in [4.69, 9.17) is 9.26 Å². The highest BCUT2D eigenvalue weighted by atomic mass is 16.5. The number of piperidine rings is 1. The zero-order valence-electron chi connectivity index (χ0n) is 11.9. The maximum atomic E-state index is 11.1. The molecule has 21 heavy (non-hydrogen) atoms. The van der Waals surface area contributed by atoms with Crippen molar-refractivity contribution in [2.45, 2.75) is 25.7 Å². The van der Waals surface area contributed by atoms with Gasteiger partial charge in [0, 0.05) is 31.1 Å². The van der Waals surface area contributed by atoms with E-state index in [0.29, 0.717) is 12.5 Å². The number of nitrogens with one attached hydrogen (secondary N) is 1. The van der Waals surface area contributed by atoms with Gasteiger partial charge in [-0.1, -0.05) is 0 Å². The Bertz CT molecular complexity index is 643. The number of hydrogen-bond acceptors (Lipinski definition) is 6. The van der Waals surface area contributed by atoms with Crippen molar-refractivity contribution in [1.82, 2.24) is 15.1 Å². The first kappa shape index (κ1) is 13.7. The van der Waals surface area contributed by atoms with E-state index in [1.165, 1.54) is 12.4 Å². The lowest BCUT2D eigenvalue weighted by Gasteiger charge is -2.31. The van der Waals surface area contributed by atoms with Crippen molar-refractivity contribution in [3.63, 3.8) is 0 Å². The molecule has 0 saturated carbocycles. The number of H-pyrrole nitrogens is 1. The maximum absolute atomic E-state index is 11.1. The van der Waals surface area contributed by atoms with Gasteiger partial charge in [-0.25, -0.2) is 9.97 Å². The molecule has 3 rings (SSSR count). The third-order valence-corrected chi connectivity index (χ3v) is 3.68. The van der Waals surface area contributed by atoms with Crippen molar-refractivity contribution in [1.29, 1.82) is 0 Å². The molecule has 1 aliphatic heterocycles. The second-order valence-corrected chi connectivity index (χ2v) is 5.02. The van der Waals surface area contributed by atoms with E-state index in [1.807, 2.05) is 13.0 Å². The summed E-state index contributed by atoms with van der Waals surface area (Å²) in [4.78, 5) is 21.7. The predicted octanol–water partition coefficient (Wildman–Crippen LogP) is 1.54. The largest absolute Gasteiger partial charge is 0.478 e. The van der Waals surface area contributed by atoms with Gasteiger partial charge in [0.05, 0.1) is 6.61 Å². The van der Waals surface area contributed by atoms with Crippen LogP contribution in [0.3, 0.4) is 0 Å². The molecule has 7 heteroatoms. The molecule has 112 valence electrons. The average molecular weight is 290 g/mol. The fourth-order valence-corrected chi connectivity index (χ4v) is 2.62. The van der Waals surface area contributed by atoms with Crippen LogP contribution in [0.2, 0.25) is 0 Å². The van der Waals surface area contributed by atoms with E-state index in [-0.39, 0.29) is 11.5 Å². The molecule has 0 bridgehead atoms. The van der Waals surface area contributed by atoms with E-state index >= 15 is 0 Å². The summed E-state index contributed by atoms with van der Waals surface area (Å²) in [7, 11) is 0. The lowest BCUT2D eigenvalue weighted by Crippen LogP contribution is -2.33. The average Bonchev–Trinajstić information content (AvgIpc) is 2.95. The predicted molar refractivity (Wildman–Crippen MR) is 76.7 cm³/mol. The summed E-state index contributed by atoms with van der Waals surface area (Å²) >= 11 is 0. The molecular formula is C14H18N4O3. The monoisotopic (exact) mass is 290 g/mol. The van der Waals surface area contributed by atoms with Gasteiger partial charge < -0.3 is 14.2 Å². The standard InChI is InChI=1S/C14H18N4O3/c1-2-20-14-8-12(15-9-16-14)18-5-3-10(4-6-18)11-7-13(19)17-21-11/h7-10H,2-6H2,1H3,(H,17,19). The minimum Gasteiger partial charge on any atom is -0.478 e. The van der Waals surface area contributed by atoms with Gasteiger partial charge in [0.1, 0.15) is 17.9 Å². The van der Waals surface area contributed by atoms with Crippen LogP contribution in [0, 0.1) is 0 Å². The lowest BCUT2D eigenvalue weighted by molar-refractivity contribution is 0.325. The highest BCUT2D eigenvalue weighted by Crippen LogP contribution is 2.29. The SMILES string of the molecule is CCOc1cc(N2CCC(c3cc(=O)[nH]o3)CC2)ncn1. The van der Waals surface area contributed by atoms with Crippen molar-refractivity contribution < 1.29 is 9.26 Å². The van der Waals surface area contributed by atoms with E-state index in [9.17, 15) is 4.79 Å². The number of anilines is 1. The molecule has 2 aromatic heterocycles. The molecule has 1 saturated heterocycles. The topological polar surface area (TPSA) is 84.2 Å². The molecule has 0 aliphatic carbocycles. The van der Waals surface area contributed by atoms with Crippen molar-refractivity contribution in [2.75, 3.05) is 24.6 Å². The number of rotatable bonds is 4. The highest BCUT2D eigenvalue weighted by Gasteiger charge is 2.24. The summed E-state index contributed by atoms with van der Waals surface area (Å²) in [6.07, 6.45) is 3.38. The summed E-state index contributed by atoms with van der Waals surface area (Å²) in [6.45, 7) is 4.24. The Hall–Kier alpha value is -2.31. The molecule has 0 atom stereocenters. The molecular weight excluding hydrogens is 272 g/mol. The summed E-state index contributed by atoms with van der Waals surface area (Å²) in [6, 6.07) is 3.40. The molecule has 0 radical (unpaired) electrons. The minimum absolute atomic E-state index is 0.176. The van der Waals surface area contributed by atoms with Crippen LogP contribution in [0.25, 0.3) is 0 Å². The third-order valence-electron chi connectivity index (χ3n) is 3.68. The van der Waals surface area contributed by atoms with E-state index < -0.39 is 0 Å². The van der Waals surface area contributed by atoms with Crippen LogP contribution < -0.4 is 15.2 Å². The van der Waals surface area contributed by atoms with Crippen LogP contribution in [-0.2, 0) is 0 Å². The minimum atomic E-state index is -0.176. The number of aromatic amines is 1. The number of nitrogens with zero attached hydrogens (tertiary/aromatic N) is 3. The normalized spacial score (nSPS) is 16.1. The summed E-state index contributed by atoms with van der Waals surface area (Å²) in [5.41, 5.74) is -0.176. The molecule has 1 N–H and O–H groups in total. The summed E-state index contributed by atoms with van der Waals surface area (Å²) in [5, 5.41) is 2.35. The number of aromatic nitrogens is 3. The Morgan fingerprint density at radius 1 is 1.38 bits per heavy atom. The van der Waals surface area contributed by atoms with Crippen LogP contribution in [-0.4, -0.2) is 34.8 Å². The highest BCUT2D eigenvalue weighted by molar-refractivity contribution is 5.41. The fourth-order valence-electron chi connectivity index (χ4n) is 2.62. The van der Waals surface area contributed by atoms with Gasteiger partial charge in [-0.2, -0.15) is 5.16 Å². The Balaban J connectivity index is 1.65. The Morgan fingerprint density at radius 3 is 2.86 bits per heavy atom. The molecule has 2 aromatic rings.